The number of fused-ring (bicyclic) bond motifs is 1. The molecule has 0 radical (unpaired) electrons. The van der Waals surface area contributed by atoms with E-state index in [1.807, 2.05) is 6.92 Å². The van der Waals surface area contributed by atoms with E-state index >= 15 is 0 Å². The topological polar surface area (TPSA) is 94.5 Å². The fourth-order valence-corrected chi connectivity index (χ4v) is 6.04. The van der Waals surface area contributed by atoms with Gasteiger partial charge in [-0.25, -0.2) is 22.7 Å². The Labute approximate surface area is 195 Å². The maximum Gasteiger partial charge on any atom is 0.270 e. The molecular weight excluding hydrogens is 460 g/mol. The number of sulfonamides is 1. The van der Waals surface area contributed by atoms with E-state index in [4.69, 9.17) is 9.47 Å². The zero-order valence-corrected chi connectivity index (χ0v) is 19.6. The molecule has 3 aromatic heterocycles. The van der Waals surface area contributed by atoms with Crippen LogP contribution in [0.5, 0.6) is 5.88 Å². The summed E-state index contributed by atoms with van der Waals surface area (Å²) in [5.41, 5.74) is 1.14. The molecule has 170 valence electrons. The fourth-order valence-electron chi connectivity index (χ4n) is 3.69. The van der Waals surface area contributed by atoms with Crippen molar-refractivity contribution in [3.63, 3.8) is 0 Å². The molecule has 4 aromatic rings. The third-order valence-corrected chi connectivity index (χ3v) is 7.98. The van der Waals surface area contributed by atoms with Gasteiger partial charge in [-0.15, -0.1) is 11.3 Å². The predicted octanol–water partition coefficient (Wildman–Crippen LogP) is 4.34. The number of anilines is 2. The van der Waals surface area contributed by atoms with E-state index in [2.05, 4.69) is 15.0 Å². The van der Waals surface area contributed by atoms with Gasteiger partial charge in [-0.3, -0.25) is 4.98 Å². The van der Waals surface area contributed by atoms with Crippen LogP contribution in [0.1, 0.15) is 12.0 Å². The fraction of sp³-hybridized carbons (Fsp3) is 0.261. The summed E-state index contributed by atoms with van der Waals surface area (Å²) < 4.78 is 40.6. The van der Waals surface area contributed by atoms with Gasteiger partial charge in [0.05, 0.1) is 18.1 Å². The summed E-state index contributed by atoms with van der Waals surface area (Å²) in [6.07, 6.45) is 7.49. The summed E-state index contributed by atoms with van der Waals surface area (Å²) in [5, 5.41) is 3.69. The van der Waals surface area contributed by atoms with E-state index in [0.29, 0.717) is 30.6 Å². The molecule has 1 atom stereocenters. The Morgan fingerprint density at radius 1 is 1.15 bits per heavy atom. The maximum atomic E-state index is 14.0. The molecule has 4 heterocycles. The first kappa shape index (κ1) is 21.7. The van der Waals surface area contributed by atoms with Crippen LogP contribution in [0, 0.1) is 12.8 Å². The lowest BCUT2D eigenvalue weighted by Crippen LogP contribution is -2.27. The molecule has 10 heteroatoms. The standard InChI is InChI=1S/C23H22N4O4S2/c1-16-10-21(22(26-12-16)31-15-17-5-8-30-14-17)27(23-25-7-9-32-23)33(28,29)20-3-2-19-13-24-6-4-18(19)11-20/h2-4,6-7,9-13,17H,5,8,14-15H2,1H3/t17-/m1/s1. The minimum atomic E-state index is -4.03. The lowest BCUT2D eigenvalue weighted by Gasteiger charge is -2.24. The molecule has 0 amide bonds. The average Bonchev–Trinajstić information content (AvgIpc) is 3.53. The van der Waals surface area contributed by atoms with E-state index in [-0.39, 0.29) is 16.7 Å². The Hall–Kier alpha value is -3.08. The van der Waals surface area contributed by atoms with Crippen LogP contribution in [0.25, 0.3) is 10.8 Å². The molecule has 0 saturated carbocycles. The van der Waals surface area contributed by atoms with Crippen LogP contribution >= 0.6 is 11.3 Å². The Morgan fingerprint density at radius 3 is 2.85 bits per heavy atom. The number of hydrogen-bond donors (Lipinski definition) is 0. The quantitative estimate of drug-likeness (QED) is 0.387. The summed E-state index contributed by atoms with van der Waals surface area (Å²) >= 11 is 1.23. The van der Waals surface area contributed by atoms with Crippen molar-refractivity contribution < 1.29 is 17.9 Å². The Bertz CT molecular complexity index is 1370. The highest BCUT2D eigenvalue weighted by Crippen LogP contribution is 2.39. The monoisotopic (exact) mass is 482 g/mol. The van der Waals surface area contributed by atoms with Gasteiger partial charge in [0, 0.05) is 48.1 Å². The van der Waals surface area contributed by atoms with Gasteiger partial charge in [0.25, 0.3) is 10.0 Å². The summed E-state index contributed by atoms with van der Waals surface area (Å²) in [6, 6.07) is 8.53. The number of thiazole rings is 1. The van der Waals surface area contributed by atoms with Crippen molar-refractivity contribution in [2.45, 2.75) is 18.2 Å². The number of ether oxygens (including phenoxy) is 2. The minimum absolute atomic E-state index is 0.146. The van der Waals surface area contributed by atoms with Crippen LogP contribution in [-0.4, -0.2) is 43.2 Å². The molecule has 1 aliphatic heterocycles. The van der Waals surface area contributed by atoms with E-state index in [1.165, 1.54) is 15.6 Å². The molecule has 1 aromatic carbocycles. The van der Waals surface area contributed by atoms with Gasteiger partial charge in [-0.05, 0) is 48.6 Å². The first-order chi connectivity index (χ1) is 16.0. The van der Waals surface area contributed by atoms with Gasteiger partial charge >= 0.3 is 0 Å². The number of benzene rings is 1. The molecule has 0 aliphatic carbocycles. The lowest BCUT2D eigenvalue weighted by molar-refractivity contribution is 0.165. The normalized spacial score (nSPS) is 16.2. The average molecular weight is 483 g/mol. The van der Waals surface area contributed by atoms with Gasteiger partial charge in [0.1, 0.15) is 5.69 Å². The van der Waals surface area contributed by atoms with E-state index in [0.717, 1.165) is 22.8 Å². The van der Waals surface area contributed by atoms with Crippen molar-refractivity contribution in [3.05, 3.63) is 66.1 Å². The van der Waals surface area contributed by atoms with Crippen LogP contribution < -0.4 is 9.04 Å². The highest BCUT2D eigenvalue weighted by Gasteiger charge is 2.32. The van der Waals surface area contributed by atoms with Crippen molar-refractivity contribution in [1.29, 1.82) is 0 Å². The van der Waals surface area contributed by atoms with Crippen molar-refractivity contribution in [1.82, 2.24) is 15.0 Å². The van der Waals surface area contributed by atoms with Crippen LogP contribution in [-0.2, 0) is 14.8 Å². The maximum absolute atomic E-state index is 14.0. The molecule has 1 saturated heterocycles. The summed E-state index contributed by atoms with van der Waals surface area (Å²) in [5.74, 6) is 0.497. The smallest absolute Gasteiger partial charge is 0.270 e. The molecule has 1 aliphatic rings. The third-order valence-electron chi connectivity index (χ3n) is 5.41. The molecule has 0 unspecified atom stereocenters. The first-order valence-electron chi connectivity index (χ1n) is 10.5. The molecule has 8 nitrogen and oxygen atoms in total. The second kappa shape index (κ2) is 9.05. The summed E-state index contributed by atoms with van der Waals surface area (Å²) in [4.78, 5) is 13.0. The zero-order chi connectivity index (χ0) is 22.8. The van der Waals surface area contributed by atoms with Crippen molar-refractivity contribution in [3.8, 4) is 5.88 Å². The van der Waals surface area contributed by atoms with Crippen LogP contribution in [0.3, 0.4) is 0 Å². The van der Waals surface area contributed by atoms with Crippen molar-refractivity contribution >= 4 is 43.0 Å². The van der Waals surface area contributed by atoms with Crippen LogP contribution in [0.2, 0.25) is 0 Å². The second-order valence-electron chi connectivity index (χ2n) is 7.85. The molecule has 0 spiro atoms. The SMILES string of the molecule is Cc1cnc(OC[C@@H]2CCOC2)c(N(c2nccs2)S(=O)(=O)c2ccc3cnccc3c2)c1. The first-order valence-corrected chi connectivity index (χ1v) is 12.8. The Kier molecular flexibility index (Phi) is 5.96. The van der Waals surface area contributed by atoms with Crippen molar-refractivity contribution in [2.75, 3.05) is 24.1 Å². The number of aromatic nitrogens is 3. The van der Waals surface area contributed by atoms with Crippen molar-refractivity contribution in [2.24, 2.45) is 5.92 Å². The van der Waals surface area contributed by atoms with Crippen LogP contribution in [0.4, 0.5) is 10.8 Å². The highest BCUT2D eigenvalue weighted by atomic mass is 32.2. The Morgan fingerprint density at radius 2 is 2.06 bits per heavy atom. The van der Waals surface area contributed by atoms with Gasteiger partial charge in [0.15, 0.2) is 0 Å². The summed E-state index contributed by atoms with van der Waals surface area (Å²) in [7, 11) is -4.03. The number of pyridine rings is 2. The molecular formula is C23H22N4O4S2. The second-order valence-corrected chi connectivity index (χ2v) is 10.5. The molecule has 1 fully saturated rings. The molecule has 5 rings (SSSR count). The molecule has 0 bridgehead atoms. The summed E-state index contributed by atoms with van der Waals surface area (Å²) in [6.45, 7) is 3.60. The molecule has 33 heavy (non-hydrogen) atoms. The van der Waals surface area contributed by atoms with E-state index in [1.54, 1.807) is 60.5 Å². The van der Waals surface area contributed by atoms with Gasteiger partial charge in [0.2, 0.25) is 11.0 Å². The number of aryl methyl sites for hydroxylation is 1. The molecule has 0 N–H and O–H groups in total. The van der Waals surface area contributed by atoms with Gasteiger partial charge < -0.3 is 9.47 Å². The van der Waals surface area contributed by atoms with E-state index in [9.17, 15) is 8.42 Å². The number of nitrogens with zero attached hydrogens (tertiary/aromatic N) is 4. The largest absolute Gasteiger partial charge is 0.476 e. The highest BCUT2D eigenvalue weighted by molar-refractivity contribution is 7.93. The number of hydrogen-bond acceptors (Lipinski definition) is 8. The van der Waals surface area contributed by atoms with Gasteiger partial charge in [-0.1, -0.05) is 6.07 Å². The zero-order valence-electron chi connectivity index (χ0n) is 17.9. The van der Waals surface area contributed by atoms with Gasteiger partial charge in [-0.2, -0.15) is 0 Å². The Balaban J connectivity index is 1.60. The third kappa shape index (κ3) is 4.41. The minimum Gasteiger partial charge on any atom is -0.476 e. The predicted molar refractivity (Wildman–Crippen MR) is 127 cm³/mol. The van der Waals surface area contributed by atoms with Crippen LogP contribution in [0.15, 0.2) is 65.4 Å². The van der Waals surface area contributed by atoms with E-state index < -0.39 is 10.0 Å². The number of rotatable bonds is 7. The lowest BCUT2D eigenvalue weighted by atomic mass is 10.1.